The second-order valence-corrected chi connectivity index (χ2v) is 8.63. The van der Waals surface area contributed by atoms with Gasteiger partial charge in [0.1, 0.15) is 17.2 Å². The van der Waals surface area contributed by atoms with Gasteiger partial charge in [-0.05, 0) is 51.1 Å². The average molecular weight is 468 g/mol. The lowest BCUT2D eigenvalue weighted by atomic mass is 10.1. The minimum atomic E-state index is -0.509. The van der Waals surface area contributed by atoms with Crippen molar-refractivity contribution in [1.82, 2.24) is 15.3 Å². The number of ether oxygens (including phenoxy) is 2. The zero-order valence-corrected chi connectivity index (χ0v) is 19.6. The summed E-state index contributed by atoms with van der Waals surface area (Å²) >= 11 is 0. The summed E-state index contributed by atoms with van der Waals surface area (Å²) in [6, 6.07) is 10.0. The highest BCUT2D eigenvalue weighted by atomic mass is 19.1. The van der Waals surface area contributed by atoms with Crippen LogP contribution in [0.2, 0.25) is 0 Å². The average Bonchev–Trinajstić information content (AvgIpc) is 2.82. The number of benzene rings is 1. The summed E-state index contributed by atoms with van der Waals surface area (Å²) in [4.78, 5) is 20.6. The first-order valence-corrected chi connectivity index (χ1v) is 11.0. The van der Waals surface area contributed by atoms with Gasteiger partial charge in [-0.1, -0.05) is 0 Å². The molecule has 2 aromatic heterocycles. The number of nitrogen functional groups attached to an aromatic ring is 1. The van der Waals surface area contributed by atoms with E-state index in [4.69, 9.17) is 10.5 Å². The molecule has 8 nitrogen and oxygen atoms in total. The second kappa shape index (κ2) is 11.4. The Bertz CT molecular complexity index is 1080. The molecule has 3 aromatic rings. The van der Waals surface area contributed by atoms with Gasteiger partial charge in [-0.15, -0.1) is 0 Å². The summed E-state index contributed by atoms with van der Waals surface area (Å²) in [5, 5.41) is 3.33. The molecule has 0 aliphatic carbocycles. The number of nitrogens with zero attached hydrogens (tertiary/aromatic N) is 3. The molecule has 0 amide bonds. The molecular formula is C25H30FN5O3. The Labute approximate surface area is 198 Å². The maximum atomic E-state index is 14.1. The lowest BCUT2D eigenvalue weighted by molar-refractivity contribution is -0.138. The molecular weight excluding hydrogens is 437 g/mol. The van der Waals surface area contributed by atoms with Gasteiger partial charge in [0.25, 0.3) is 6.47 Å². The standard InChI is InChI=1S/C20H20FN5O.C5H10O2/c21-17-11-15(22)2-3-19(17)27-18-5-6-24-13-16(18)14-1-4-20(25-12-14)26-9-7-23-8-10-26;1-5(2,3)7-4-6/h1-6,11-13,23H,7-10,22H2;4H,1-3H3. The van der Waals surface area contributed by atoms with E-state index in [1.807, 2.05) is 32.9 Å². The monoisotopic (exact) mass is 467 g/mol. The molecule has 180 valence electrons. The zero-order valence-electron chi connectivity index (χ0n) is 19.6. The lowest BCUT2D eigenvalue weighted by Gasteiger charge is -2.28. The van der Waals surface area contributed by atoms with Crippen molar-refractivity contribution in [2.24, 2.45) is 0 Å². The van der Waals surface area contributed by atoms with E-state index < -0.39 is 5.82 Å². The summed E-state index contributed by atoms with van der Waals surface area (Å²) in [5.74, 6) is 1.05. The van der Waals surface area contributed by atoms with Crippen LogP contribution in [-0.4, -0.2) is 48.2 Å². The fourth-order valence-electron chi connectivity index (χ4n) is 3.18. The van der Waals surface area contributed by atoms with Crippen molar-refractivity contribution in [3.05, 3.63) is 60.8 Å². The van der Waals surface area contributed by atoms with E-state index in [0.29, 0.717) is 17.9 Å². The number of piperazine rings is 1. The number of nitrogens with two attached hydrogens (primary N) is 1. The third-order valence-corrected chi connectivity index (χ3v) is 4.86. The van der Waals surface area contributed by atoms with Gasteiger partial charge in [-0.2, -0.15) is 0 Å². The highest BCUT2D eigenvalue weighted by Crippen LogP contribution is 2.34. The van der Waals surface area contributed by atoms with E-state index in [1.54, 1.807) is 30.7 Å². The molecule has 0 saturated carbocycles. The van der Waals surface area contributed by atoms with Gasteiger partial charge in [0.2, 0.25) is 0 Å². The van der Waals surface area contributed by atoms with Crippen LogP contribution in [0.25, 0.3) is 11.1 Å². The van der Waals surface area contributed by atoms with Crippen LogP contribution >= 0.6 is 0 Å². The molecule has 4 rings (SSSR count). The molecule has 1 aliphatic heterocycles. The number of aromatic nitrogens is 2. The molecule has 3 heterocycles. The maximum absolute atomic E-state index is 14.1. The van der Waals surface area contributed by atoms with Gasteiger partial charge in [0.05, 0.1) is 0 Å². The lowest BCUT2D eigenvalue weighted by Crippen LogP contribution is -2.43. The smallest absolute Gasteiger partial charge is 0.293 e. The van der Waals surface area contributed by atoms with Crippen LogP contribution in [0.15, 0.2) is 55.0 Å². The van der Waals surface area contributed by atoms with E-state index in [-0.39, 0.29) is 11.4 Å². The second-order valence-electron chi connectivity index (χ2n) is 8.63. The summed E-state index contributed by atoms with van der Waals surface area (Å²) in [6.45, 7) is 9.70. The first-order valence-electron chi connectivity index (χ1n) is 11.0. The van der Waals surface area contributed by atoms with Crippen molar-refractivity contribution in [3.63, 3.8) is 0 Å². The van der Waals surface area contributed by atoms with Crippen molar-refractivity contribution in [2.45, 2.75) is 26.4 Å². The van der Waals surface area contributed by atoms with E-state index in [1.165, 1.54) is 12.1 Å². The van der Waals surface area contributed by atoms with Crippen LogP contribution in [0.1, 0.15) is 20.8 Å². The normalized spacial score (nSPS) is 13.5. The predicted octanol–water partition coefficient (Wildman–Crippen LogP) is 4.02. The third kappa shape index (κ3) is 7.14. The van der Waals surface area contributed by atoms with Crippen LogP contribution in [0.5, 0.6) is 11.5 Å². The van der Waals surface area contributed by atoms with Gasteiger partial charge in [-0.25, -0.2) is 9.37 Å². The Morgan fingerprint density at radius 2 is 1.85 bits per heavy atom. The van der Waals surface area contributed by atoms with E-state index in [9.17, 15) is 9.18 Å². The van der Waals surface area contributed by atoms with Crippen molar-refractivity contribution < 1.29 is 18.7 Å². The van der Waals surface area contributed by atoms with E-state index >= 15 is 0 Å². The summed E-state index contributed by atoms with van der Waals surface area (Å²) < 4.78 is 24.4. The number of hydrogen-bond acceptors (Lipinski definition) is 8. The summed E-state index contributed by atoms with van der Waals surface area (Å²) in [6.07, 6.45) is 5.09. The number of hydrogen-bond donors (Lipinski definition) is 2. The molecule has 1 aromatic carbocycles. The van der Waals surface area contributed by atoms with Crippen LogP contribution in [0.3, 0.4) is 0 Å². The first-order chi connectivity index (χ1) is 16.3. The predicted molar refractivity (Wildman–Crippen MR) is 130 cm³/mol. The number of nitrogens with one attached hydrogen (secondary N) is 1. The topological polar surface area (TPSA) is 103 Å². The largest absolute Gasteiger partial charge is 0.462 e. The summed E-state index contributed by atoms with van der Waals surface area (Å²) in [7, 11) is 0. The molecule has 1 aliphatic rings. The molecule has 34 heavy (non-hydrogen) atoms. The molecule has 9 heteroatoms. The fourth-order valence-corrected chi connectivity index (χ4v) is 3.18. The van der Waals surface area contributed by atoms with Gasteiger partial charge in [0, 0.05) is 67.7 Å². The number of halogens is 1. The molecule has 1 fully saturated rings. The highest BCUT2D eigenvalue weighted by Gasteiger charge is 2.14. The van der Waals surface area contributed by atoms with Crippen LogP contribution < -0.4 is 20.7 Å². The van der Waals surface area contributed by atoms with Crippen LogP contribution in [0.4, 0.5) is 15.9 Å². The van der Waals surface area contributed by atoms with Crippen molar-refractivity contribution in [2.75, 3.05) is 36.8 Å². The van der Waals surface area contributed by atoms with Crippen molar-refractivity contribution in [1.29, 1.82) is 0 Å². The van der Waals surface area contributed by atoms with Gasteiger partial charge >= 0.3 is 0 Å². The molecule has 1 saturated heterocycles. The van der Waals surface area contributed by atoms with Gasteiger partial charge in [-0.3, -0.25) is 9.78 Å². The SMILES string of the molecule is CC(C)(C)OC=O.Nc1ccc(Oc2ccncc2-c2ccc(N3CCNCC3)nc2)c(F)c1. The zero-order chi connectivity index (χ0) is 24.6. The number of anilines is 2. The quantitative estimate of drug-likeness (QED) is 0.428. The van der Waals surface area contributed by atoms with Crippen LogP contribution in [-0.2, 0) is 9.53 Å². The molecule has 0 radical (unpaired) electrons. The number of carbonyl (C=O) groups excluding carboxylic acids is 1. The Kier molecular flexibility index (Phi) is 8.37. The van der Waals surface area contributed by atoms with Gasteiger partial charge in [0.15, 0.2) is 11.6 Å². The Balaban J connectivity index is 0.000000406. The molecule has 3 N–H and O–H groups in total. The summed E-state index contributed by atoms with van der Waals surface area (Å²) in [5.41, 5.74) is 7.23. The number of carbonyl (C=O) groups is 1. The number of pyridine rings is 2. The van der Waals surface area contributed by atoms with Crippen molar-refractivity contribution in [3.8, 4) is 22.6 Å². The van der Waals surface area contributed by atoms with Gasteiger partial charge < -0.3 is 25.4 Å². The number of rotatable bonds is 5. The third-order valence-electron chi connectivity index (χ3n) is 4.86. The Hall–Kier alpha value is -3.72. The highest BCUT2D eigenvalue weighted by molar-refractivity contribution is 5.70. The Morgan fingerprint density at radius 3 is 2.44 bits per heavy atom. The molecule has 0 unspecified atom stereocenters. The minimum Gasteiger partial charge on any atom is -0.462 e. The molecule has 0 spiro atoms. The minimum absolute atomic E-state index is 0.113. The van der Waals surface area contributed by atoms with Crippen LogP contribution in [0, 0.1) is 5.82 Å². The molecule has 0 bridgehead atoms. The Morgan fingerprint density at radius 1 is 1.09 bits per heavy atom. The first kappa shape index (κ1) is 24.9. The van der Waals surface area contributed by atoms with Crippen molar-refractivity contribution >= 4 is 18.0 Å². The maximum Gasteiger partial charge on any atom is 0.293 e. The van der Waals surface area contributed by atoms with E-state index in [0.717, 1.165) is 43.1 Å². The van der Waals surface area contributed by atoms with E-state index in [2.05, 4.69) is 24.9 Å². The molecule has 0 atom stereocenters. The fraction of sp³-hybridized carbons (Fsp3) is 0.320.